The van der Waals surface area contributed by atoms with Crippen molar-refractivity contribution in [2.75, 3.05) is 6.61 Å². The highest BCUT2D eigenvalue weighted by Crippen LogP contribution is 2.43. The average Bonchev–Trinajstić information content (AvgIpc) is 2.89. The van der Waals surface area contributed by atoms with Gasteiger partial charge in [-0.3, -0.25) is 4.79 Å². The van der Waals surface area contributed by atoms with Crippen LogP contribution in [0.4, 0.5) is 0 Å². The molecule has 1 aliphatic heterocycles. The van der Waals surface area contributed by atoms with Crippen LogP contribution < -0.4 is 0 Å². The Bertz CT molecular complexity index is 518. The standard InChI is InChI=1S/C17H21BrO2/c1-12-14(5-4-6-15(12)18)16(19)13-7-10-20-17(11-13)8-2-3-9-17/h4-6,13H,2-3,7-11H2,1H3. The number of benzene rings is 1. The first-order valence-electron chi connectivity index (χ1n) is 7.55. The maximum atomic E-state index is 12.8. The lowest BCUT2D eigenvalue weighted by Crippen LogP contribution is -2.39. The van der Waals surface area contributed by atoms with Crippen LogP contribution in [0.25, 0.3) is 0 Å². The first-order valence-corrected chi connectivity index (χ1v) is 8.34. The second-order valence-corrected chi connectivity index (χ2v) is 7.06. The van der Waals surface area contributed by atoms with Crippen molar-refractivity contribution in [3.05, 3.63) is 33.8 Å². The molecule has 1 atom stereocenters. The van der Waals surface area contributed by atoms with Crippen LogP contribution in [0.1, 0.15) is 54.4 Å². The van der Waals surface area contributed by atoms with Crippen molar-refractivity contribution >= 4 is 21.7 Å². The molecule has 2 fully saturated rings. The van der Waals surface area contributed by atoms with Gasteiger partial charge in [-0.05, 0) is 44.2 Å². The van der Waals surface area contributed by atoms with Crippen molar-refractivity contribution in [3.8, 4) is 0 Å². The molecule has 0 amide bonds. The monoisotopic (exact) mass is 336 g/mol. The Morgan fingerprint density at radius 2 is 2.10 bits per heavy atom. The summed E-state index contributed by atoms with van der Waals surface area (Å²) < 4.78 is 7.05. The Hall–Kier alpha value is -0.670. The van der Waals surface area contributed by atoms with Crippen molar-refractivity contribution in [3.63, 3.8) is 0 Å². The second-order valence-electron chi connectivity index (χ2n) is 6.20. The minimum atomic E-state index is 0.0124. The van der Waals surface area contributed by atoms with E-state index in [1.54, 1.807) is 0 Å². The lowest BCUT2D eigenvalue weighted by molar-refractivity contribution is -0.0866. The minimum Gasteiger partial charge on any atom is -0.375 e. The Morgan fingerprint density at radius 3 is 2.85 bits per heavy atom. The van der Waals surface area contributed by atoms with Crippen LogP contribution in [0, 0.1) is 12.8 Å². The largest absolute Gasteiger partial charge is 0.375 e. The van der Waals surface area contributed by atoms with E-state index in [9.17, 15) is 4.79 Å². The van der Waals surface area contributed by atoms with Crippen molar-refractivity contribution in [2.45, 2.75) is 51.0 Å². The van der Waals surface area contributed by atoms with Gasteiger partial charge in [0.2, 0.25) is 0 Å². The molecule has 3 rings (SSSR count). The molecule has 20 heavy (non-hydrogen) atoms. The summed E-state index contributed by atoms with van der Waals surface area (Å²) >= 11 is 3.52. The number of hydrogen-bond acceptors (Lipinski definition) is 2. The van der Waals surface area contributed by atoms with E-state index in [-0.39, 0.29) is 11.5 Å². The number of carbonyl (C=O) groups excluding carboxylic acids is 1. The number of ketones is 1. The molecule has 1 spiro atoms. The number of halogens is 1. The number of rotatable bonds is 2. The molecule has 0 bridgehead atoms. The molecule has 108 valence electrons. The number of hydrogen-bond donors (Lipinski definition) is 0. The fraction of sp³-hybridized carbons (Fsp3) is 0.588. The fourth-order valence-electron chi connectivity index (χ4n) is 3.71. The van der Waals surface area contributed by atoms with Crippen LogP contribution in [0.2, 0.25) is 0 Å². The quantitative estimate of drug-likeness (QED) is 0.733. The normalized spacial score (nSPS) is 25.0. The molecule has 1 aromatic rings. The van der Waals surface area contributed by atoms with E-state index >= 15 is 0 Å². The Balaban J connectivity index is 1.81. The summed E-state index contributed by atoms with van der Waals surface area (Å²) in [6.45, 7) is 2.76. The average molecular weight is 337 g/mol. The van der Waals surface area contributed by atoms with Gasteiger partial charge in [-0.1, -0.05) is 40.9 Å². The lowest BCUT2D eigenvalue weighted by atomic mass is 9.80. The SMILES string of the molecule is Cc1c(Br)cccc1C(=O)C1CCOC2(CCCC2)C1. The van der Waals surface area contributed by atoms with Crippen molar-refractivity contribution < 1.29 is 9.53 Å². The molecular weight excluding hydrogens is 316 g/mol. The lowest BCUT2D eigenvalue weighted by Gasteiger charge is -2.37. The van der Waals surface area contributed by atoms with Crippen molar-refractivity contribution in [1.29, 1.82) is 0 Å². The van der Waals surface area contributed by atoms with Gasteiger partial charge in [0, 0.05) is 22.6 Å². The molecule has 1 heterocycles. The number of ether oxygens (including phenoxy) is 1. The van der Waals surface area contributed by atoms with Crippen LogP contribution >= 0.6 is 15.9 Å². The van der Waals surface area contributed by atoms with Gasteiger partial charge < -0.3 is 4.74 Å². The Morgan fingerprint density at radius 1 is 1.35 bits per heavy atom. The number of carbonyl (C=O) groups is 1. The van der Waals surface area contributed by atoms with Crippen LogP contribution in [-0.2, 0) is 4.74 Å². The summed E-state index contributed by atoms with van der Waals surface area (Å²) in [6.07, 6.45) is 6.54. The molecule has 2 aliphatic rings. The zero-order chi connectivity index (χ0) is 14.2. The zero-order valence-corrected chi connectivity index (χ0v) is 13.5. The van der Waals surface area contributed by atoms with E-state index in [0.29, 0.717) is 5.78 Å². The van der Waals surface area contributed by atoms with Gasteiger partial charge in [-0.25, -0.2) is 0 Å². The van der Waals surface area contributed by atoms with E-state index in [2.05, 4.69) is 15.9 Å². The summed E-state index contributed by atoms with van der Waals surface area (Å²) in [5, 5.41) is 0. The van der Waals surface area contributed by atoms with E-state index in [0.717, 1.165) is 47.9 Å². The fourth-order valence-corrected chi connectivity index (χ4v) is 4.08. The van der Waals surface area contributed by atoms with Crippen LogP contribution in [0.5, 0.6) is 0 Å². The highest BCUT2D eigenvalue weighted by atomic mass is 79.9. The summed E-state index contributed by atoms with van der Waals surface area (Å²) in [4.78, 5) is 12.8. The van der Waals surface area contributed by atoms with Crippen LogP contribution in [0.15, 0.2) is 22.7 Å². The van der Waals surface area contributed by atoms with Gasteiger partial charge >= 0.3 is 0 Å². The van der Waals surface area contributed by atoms with Crippen LogP contribution in [-0.4, -0.2) is 18.0 Å². The Labute approximate surface area is 129 Å². The van der Waals surface area contributed by atoms with Gasteiger partial charge in [-0.2, -0.15) is 0 Å². The zero-order valence-electron chi connectivity index (χ0n) is 12.0. The topological polar surface area (TPSA) is 26.3 Å². The predicted molar refractivity (Wildman–Crippen MR) is 83.1 cm³/mol. The van der Waals surface area contributed by atoms with Gasteiger partial charge in [0.15, 0.2) is 5.78 Å². The van der Waals surface area contributed by atoms with Gasteiger partial charge in [-0.15, -0.1) is 0 Å². The number of Topliss-reactive ketones (excluding diaryl/α,β-unsaturated/α-hetero) is 1. The third kappa shape index (κ3) is 2.58. The smallest absolute Gasteiger partial charge is 0.166 e. The molecule has 0 radical (unpaired) electrons. The second kappa shape index (κ2) is 5.61. The molecule has 2 nitrogen and oxygen atoms in total. The minimum absolute atomic E-state index is 0.0124. The molecule has 0 aromatic heterocycles. The molecule has 1 aliphatic carbocycles. The van der Waals surface area contributed by atoms with Crippen molar-refractivity contribution in [2.24, 2.45) is 5.92 Å². The molecular formula is C17H21BrO2. The maximum Gasteiger partial charge on any atom is 0.166 e. The summed E-state index contributed by atoms with van der Waals surface area (Å²) in [5.41, 5.74) is 1.95. The summed E-state index contributed by atoms with van der Waals surface area (Å²) in [5.74, 6) is 0.438. The van der Waals surface area contributed by atoms with Gasteiger partial charge in [0.1, 0.15) is 0 Å². The summed E-state index contributed by atoms with van der Waals surface area (Å²) in [6, 6.07) is 5.91. The Kier molecular flexibility index (Phi) is 4.00. The summed E-state index contributed by atoms with van der Waals surface area (Å²) in [7, 11) is 0. The molecule has 0 N–H and O–H groups in total. The molecule has 1 saturated carbocycles. The molecule has 1 saturated heterocycles. The van der Waals surface area contributed by atoms with Crippen molar-refractivity contribution in [1.82, 2.24) is 0 Å². The van der Waals surface area contributed by atoms with Gasteiger partial charge in [0.05, 0.1) is 5.60 Å². The molecule has 1 aromatic carbocycles. The van der Waals surface area contributed by atoms with E-state index in [4.69, 9.17) is 4.74 Å². The third-order valence-electron chi connectivity index (χ3n) is 4.91. The maximum absolute atomic E-state index is 12.8. The van der Waals surface area contributed by atoms with E-state index < -0.39 is 0 Å². The molecule has 1 unspecified atom stereocenters. The van der Waals surface area contributed by atoms with Gasteiger partial charge in [0.25, 0.3) is 0 Å². The predicted octanol–water partition coefficient (Wildman–Crippen LogP) is 4.68. The van der Waals surface area contributed by atoms with E-state index in [1.807, 2.05) is 25.1 Å². The first-order chi connectivity index (χ1) is 9.61. The third-order valence-corrected chi connectivity index (χ3v) is 5.77. The highest BCUT2D eigenvalue weighted by molar-refractivity contribution is 9.10. The first kappa shape index (κ1) is 14.3. The molecule has 3 heteroatoms. The van der Waals surface area contributed by atoms with E-state index in [1.165, 1.54) is 12.8 Å². The highest BCUT2D eigenvalue weighted by Gasteiger charge is 2.42. The van der Waals surface area contributed by atoms with Crippen LogP contribution in [0.3, 0.4) is 0 Å².